The summed E-state index contributed by atoms with van der Waals surface area (Å²) in [5, 5.41) is 14.0. The van der Waals surface area contributed by atoms with Gasteiger partial charge >= 0.3 is 5.69 Å². The molecule has 0 amide bonds. The Balaban J connectivity index is 2.20. The molecular formula is C12H20N6O2. The predicted octanol–water partition coefficient (Wildman–Crippen LogP) is 0.814. The molecule has 0 spiro atoms. The molecule has 0 bridgehead atoms. The second-order valence-corrected chi connectivity index (χ2v) is 5.20. The van der Waals surface area contributed by atoms with Crippen molar-refractivity contribution in [1.82, 2.24) is 14.9 Å². The molecule has 1 aliphatic rings. The van der Waals surface area contributed by atoms with E-state index in [1.807, 2.05) is 11.9 Å². The van der Waals surface area contributed by atoms with Crippen molar-refractivity contribution < 1.29 is 4.92 Å². The Morgan fingerprint density at radius 2 is 2.35 bits per heavy atom. The van der Waals surface area contributed by atoms with Gasteiger partial charge in [0.25, 0.3) is 0 Å². The van der Waals surface area contributed by atoms with Gasteiger partial charge in [-0.2, -0.15) is 0 Å². The van der Waals surface area contributed by atoms with E-state index in [1.54, 1.807) is 7.05 Å². The average molecular weight is 280 g/mol. The van der Waals surface area contributed by atoms with Crippen molar-refractivity contribution in [3.05, 3.63) is 16.4 Å². The van der Waals surface area contributed by atoms with Crippen molar-refractivity contribution in [2.45, 2.75) is 6.42 Å². The van der Waals surface area contributed by atoms with Crippen molar-refractivity contribution in [3.8, 4) is 0 Å². The number of hydrogen-bond donors (Lipinski definition) is 1. The Hall–Kier alpha value is -1.96. The van der Waals surface area contributed by atoms with Crippen LogP contribution >= 0.6 is 0 Å². The Morgan fingerprint density at radius 1 is 1.60 bits per heavy atom. The zero-order chi connectivity index (χ0) is 14.7. The third kappa shape index (κ3) is 2.96. The number of anilines is 2. The zero-order valence-electron chi connectivity index (χ0n) is 12.0. The average Bonchev–Trinajstić information content (AvgIpc) is 2.82. The third-order valence-corrected chi connectivity index (χ3v) is 3.60. The van der Waals surface area contributed by atoms with Crippen molar-refractivity contribution in [2.24, 2.45) is 5.92 Å². The molecule has 0 radical (unpaired) electrons. The van der Waals surface area contributed by atoms with Gasteiger partial charge in [-0.05, 0) is 25.9 Å². The molecule has 1 N–H and O–H groups in total. The lowest BCUT2D eigenvalue weighted by Crippen LogP contribution is -2.28. The maximum Gasteiger partial charge on any atom is 0.353 e. The molecular weight excluding hydrogens is 260 g/mol. The Morgan fingerprint density at radius 3 is 2.90 bits per heavy atom. The number of aromatic nitrogens is 2. The summed E-state index contributed by atoms with van der Waals surface area (Å²) in [5.41, 5.74) is -0.0659. The molecule has 8 heteroatoms. The van der Waals surface area contributed by atoms with E-state index in [-0.39, 0.29) is 11.5 Å². The summed E-state index contributed by atoms with van der Waals surface area (Å²) < 4.78 is 0. The lowest BCUT2D eigenvalue weighted by molar-refractivity contribution is -0.383. The topological polar surface area (TPSA) is 87.4 Å². The minimum absolute atomic E-state index is 0.0659. The number of hydrogen-bond acceptors (Lipinski definition) is 7. The summed E-state index contributed by atoms with van der Waals surface area (Å²) in [4.78, 5) is 22.9. The highest BCUT2D eigenvalue weighted by Crippen LogP contribution is 2.31. The third-order valence-electron chi connectivity index (χ3n) is 3.60. The molecule has 0 aromatic carbocycles. The highest BCUT2D eigenvalue weighted by Gasteiger charge is 2.27. The number of nitrogens with zero attached hydrogens (tertiary/aromatic N) is 5. The van der Waals surface area contributed by atoms with E-state index in [4.69, 9.17) is 0 Å². The van der Waals surface area contributed by atoms with Gasteiger partial charge in [0.1, 0.15) is 6.33 Å². The summed E-state index contributed by atoms with van der Waals surface area (Å²) in [7, 11) is 5.55. The van der Waals surface area contributed by atoms with Crippen LogP contribution in [0.25, 0.3) is 0 Å². The molecule has 1 fully saturated rings. The molecule has 0 saturated carbocycles. The van der Waals surface area contributed by atoms with E-state index >= 15 is 0 Å². The standard InChI is InChI=1S/C12H20N6O2/c1-13-11-10(18(19)20)12(15-8-14-11)17(3)7-9-4-5-16(2)6-9/h8-9H,4-7H2,1-3H3,(H,13,14,15). The van der Waals surface area contributed by atoms with Gasteiger partial charge in [0, 0.05) is 27.2 Å². The van der Waals surface area contributed by atoms with Gasteiger partial charge < -0.3 is 15.1 Å². The van der Waals surface area contributed by atoms with Crippen LogP contribution in [0, 0.1) is 16.0 Å². The SMILES string of the molecule is CNc1ncnc(N(C)CC2CCN(C)C2)c1[N+](=O)[O-]. The van der Waals surface area contributed by atoms with E-state index in [0.717, 1.165) is 26.1 Å². The lowest BCUT2D eigenvalue weighted by Gasteiger charge is -2.22. The van der Waals surface area contributed by atoms with Crippen molar-refractivity contribution in [1.29, 1.82) is 0 Å². The molecule has 110 valence electrons. The van der Waals surface area contributed by atoms with Crippen LogP contribution in [0.15, 0.2) is 6.33 Å². The van der Waals surface area contributed by atoms with E-state index in [9.17, 15) is 10.1 Å². The first-order valence-electron chi connectivity index (χ1n) is 6.59. The van der Waals surface area contributed by atoms with Crippen molar-refractivity contribution in [2.75, 3.05) is 51.0 Å². The molecule has 2 rings (SSSR count). The molecule has 1 aliphatic heterocycles. The first kappa shape index (κ1) is 14.4. The van der Waals surface area contributed by atoms with Gasteiger partial charge in [0.05, 0.1) is 4.92 Å². The van der Waals surface area contributed by atoms with E-state index in [1.165, 1.54) is 6.33 Å². The quantitative estimate of drug-likeness (QED) is 0.631. The van der Waals surface area contributed by atoms with Crippen LogP contribution in [0.5, 0.6) is 0 Å². The summed E-state index contributed by atoms with van der Waals surface area (Å²) in [6.07, 6.45) is 2.46. The maximum absolute atomic E-state index is 11.2. The highest BCUT2D eigenvalue weighted by atomic mass is 16.6. The Bertz CT molecular complexity index is 495. The smallest absolute Gasteiger partial charge is 0.353 e. The van der Waals surface area contributed by atoms with Crippen LogP contribution in [0.2, 0.25) is 0 Å². The number of nitrogens with one attached hydrogen (secondary N) is 1. The van der Waals surface area contributed by atoms with E-state index < -0.39 is 4.92 Å². The fourth-order valence-electron chi connectivity index (χ4n) is 2.65. The molecule has 1 aromatic heterocycles. The summed E-state index contributed by atoms with van der Waals surface area (Å²) >= 11 is 0. The number of rotatable bonds is 5. The Labute approximate surface area is 118 Å². The van der Waals surface area contributed by atoms with Crippen LogP contribution in [-0.4, -0.2) is 60.6 Å². The van der Waals surface area contributed by atoms with Crippen LogP contribution in [-0.2, 0) is 0 Å². The first-order chi connectivity index (χ1) is 9.52. The molecule has 1 unspecified atom stereocenters. The predicted molar refractivity (Wildman–Crippen MR) is 77.1 cm³/mol. The lowest BCUT2D eigenvalue weighted by atomic mass is 10.1. The van der Waals surface area contributed by atoms with Crippen LogP contribution in [0.4, 0.5) is 17.3 Å². The van der Waals surface area contributed by atoms with Crippen molar-refractivity contribution in [3.63, 3.8) is 0 Å². The molecule has 1 saturated heterocycles. The van der Waals surface area contributed by atoms with E-state index in [0.29, 0.717) is 11.7 Å². The first-order valence-corrected chi connectivity index (χ1v) is 6.59. The second kappa shape index (κ2) is 6.00. The van der Waals surface area contributed by atoms with Crippen LogP contribution in [0.3, 0.4) is 0 Å². The van der Waals surface area contributed by atoms with Gasteiger partial charge in [-0.15, -0.1) is 0 Å². The zero-order valence-corrected chi connectivity index (χ0v) is 12.0. The minimum atomic E-state index is -0.432. The van der Waals surface area contributed by atoms with Crippen molar-refractivity contribution >= 4 is 17.3 Å². The van der Waals surface area contributed by atoms with Crippen LogP contribution < -0.4 is 10.2 Å². The molecule has 1 atom stereocenters. The monoisotopic (exact) mass is 280 g/mol. The number of likely N-dealkylation sites (tertiary alicyclic amines) is 1. The maximum atomic E-state index is 11.2. The van der Waals surface area contributed by atoms with Gasteiger partial charge in [-0.1, -0.05) is 0 Å². The molecule has 2 heterocycles. The van der Waals surface area contributed by atoms with E-state index in [2.05, 4.69) is 27.2 Å². The Kier molecular flexibility index (Phi) is 4.33. The normalized spacial score (nSPS) is 19.1. The van der Waals surface area contributed by atoms with Gasteiger partial charge in [0.2, 0.25) is 11.6 Å². The van der Waals surface area contributed by atoms with Gasteiger partial charge in [-0.3, -0.25) is 10.1 Å². The molecule has 20 heavy (non-hydrogen) atoms. The fourth-order valence-corrected chi connectivity index (χ4v) is 2.65. The molecule has 0 aliphatic carbocycles. The fraction of sp³-hybridized carbons (Fsp3) is 0.667. The minimum Gasteiger partial charge on any atom is -0.367 e. The van der Waals surface area contributed by atoms with Crippen LogP contribution in [0.1, 0.15) is 6.42 Å². The highest BCUT2D eigenvalue weighted by molar-refractivity contribution is 5.69. The molecule has 8 nitrogen and oxygen atoms in total. The second-order valence-electron chi connectivity index (χ2n) is 5.20. The summed E-state index contributed by atoms with van der Waals surface area (Å²) in [6, 6.07) is 0. The van der Waals surface area contributed by atoms with Gasteiger partial charge in [0.15, 0.2) is 0 Å². The number of nitro groups is 1. The summed E-state index contributed by atoms with van der Waals surface area (Å²) in [5.74, 6) is 1.12. The molecule has 1 aromatic rings. The van der Waals surface area contributed by atoms with Gasteiger partial charge in [-0.25, -0.2) is 9.97 Å². The largest absolute Gasteiger partial charge is 0.367 e. The summed E-state index contributed by atoms with van der Waals surface area (Å²) in [6.45, 7) is 2.85.